The lowest BCUT2D eigenvalue weighted by molar-refractivity contribution is -0.223. The Morgan fingerprint density at radius 2 is 1.82 bits per heavy atom. The summed E-state index contributed by atoms with van der Waals surface area (Å²) in [4.78, 5) is 52.0. The maximum atomic E-state index is 13.7. The minimum Gasteiger partial charge on any atom is -0.507 e. The van der Waals surface area contributed by atoms with Crippen molar-refractivity contribution in [1.29, 1.82) is 0 Å². The Morgan fingerprint density at radius 3 is 2.46 bits per heavy atom. The molecule has 1 heterocycles. The van der Waals surface area contributed by atoms with Gasteiger partial charge < -0.3 is 29.5 Å². The number of carbonyl (C=O) groups excluding carboxylic acids is 4. The fourth-order valence-corrected chi connectivity index (χ4v) is 5.67. The number of hydrogen-bond acceptors (Lipinski definition) is 12. The third-order valence-electron chi connectivity index (χ3n) is 7.78. The van der Waals surface area contributed by atoms with Crippen LogP contribution in [0.4, 0.5) is 0 Å². The van der Waals surface area contributed by atoms with Gasteiger partial charge in [-0.1, -0.05) is 12.1 Å². The number of benzene rings is 2. The molecule has 1 aliphatic heterocycles. The monoisotopic (exact) mass is 540 g/mol. The average molecular weight is 541 g/mol. The molecule has 12 nitrogen and oxygen atoms in total. The highest BCUT2D eigenvalue weighted by Crippen LogP contribution is 2.52. The van der Waals surface area contributed by atoms with E-state index in [4.69, 9.17) is 20.1 Å². The number of methoxy groups -OCH3 is 1. The zero-order valence-electron chi connectivity index (χ0n) is 21.4. The molecule has 3 unspecified atom stereocenters. The SMILES string of the molecule is COc1cccc2c1C(=O)c1c(O)c3c(c(O)c1C2=O)C[C@@](O)(C(C)=O)C[C@@H]3OC1CC(NN)C(=O)C(C)O1. The molecular formula is C27H28N2O10. The summed E-state index contributed by atoms with van der Waals surface area (Å²) in [5.41, 5.74) is -0.780. The maximum Gasteiger partial charge on any atom is 0.202 e. The van der Waals surface area contributed by atoms with Crippen LogP contribution in [0.25, 0.3) is 0 Å². The van der Waals surface area contributed by atoms with E-state index in [9.17, 15) is 34.5 Å². The Balaban J connectivity index is 1.68. The Hall–Kier alpha value is -3.68. The van der Waals surface area contributed by atoms with Gasteiger partial charge in [0.05, 0.1) is 35.9 Å². The fourth-order valence-electron chi connectivity index (χ4n) is 5.67. The molecule has 5 rings (SSSR count). The molecule has 206 valence electrons. The summed E-state index contributed by atoms with van der Waals surface area (Å²) in [5.74, 6) is 1.93. The minimum atomic E-state index is -2.03. The Labute approximate surface area is 222 Å². The van der Waals surface area contributed by atoms with Gasteiger partial charge in [-0.15, -0.1) is 0 Å². The van der Waals surface area contributed by atoms with Crippen LogP contribution >= 0.6 is 0 Å². The Morgan fingerprint density at radius 1 is 1.13 bits per heavy atom. The Bertz CT molecular complexity index is 1440. The summed E-state index contributed by atoms with van der Waals surface area (Å²) in [6, 6.07) is 3.61. The van der Waals surface area contributed by atoms with E-state index in [0.29, 0.717) is 0 Å². The van der Waals surface area contributed by atoms with Crippen LogP contribution in [-0.2, 0) is 25.5 Å². The van der Waals surface area contributed by atoms with E-state index < -0.39 is 76.5 Å². The summed E-state index contributed by atoms with van der Waals surface area (Å²) in [6.07, 6.45) is -4.06. The van der Waals surface area contributed by atoms with E-state index in [-0.39, 0.29) is 46.6 Å². The number of phenols is 2. The number of ether oxygens (including phenoxy) is 3. The van der Waals surface area contributed by atoms with Crippen LogP contribution in [0.3, 0.4) is 0 Å². The number of ketones is 4. The normalized spacial score (nSPS) is 28.0. The van der Waals surface area contributed by atoms with E-state index in [1.54, 1.807) is 0 Å². The number of rotatable bonds is 5. The maximum absolute atomic E-state index is 13.7. The van der Waals surface area contributed by atoms with Crippen LogP contribution in [-0.4, -0.2) is 69.6 Å². The summed E-state index contributed by atoms with van der Waals surface area (Å²) in [7, 11) is 1.33. The van der Waals surface area contributed by atoms with Crippen LogP contribution in [0.2, 0.25) is 0 Å². The molecule has 0 amide bonds. The van der Waals surface area contributed by atoms with Crippen LogP contribution in [0.5, 0.6) is 17.2 Å². The number of phenolic OH excluding ortho intramolecular Hbond substituents is 2. The molecule has 2 aliphatic carbocycles. The predicted octanol–water partition coefficient (Wildman–Crippen LogP) is 0.742. The number of nitrogens with two attached hydrogens (primary N) is 1. The predicted molar refractivity (Wildman–Crippen MR) is 132 cm³/mol. The van der Waals surface area contributed by atoms with Gasteiger partial charge in [0.2, 0.25) is 5.78 Å². The molecule has 12 heteroatoms. The standard InChI is InChI=1S/C27H28N2O10/c1-10-22(31)14(29-28)7-17(38-10)39-16-9-27(36,11(2)30)8-13-19(16)26(35)21-20(24(13)33)23(32)12-5-4-6-15(37-3)18(12)25(21)34/h4-6,10,14,16-17,29,33,35-36H,7-9,28H2,1-3H3/t10?,14?,16-,17?,27-/m0/s1. The lowest BCUT2D eigenvalue weighted by atomic mass is 9.72. The molecule has 0 radical (unpaired) electrons. The molecule has 5 atom stereocenters. The summed E-state index contributed by atoms with van der Waals surface area (Å²) >= 11 is 0. The molecular weight excluding hydrogens is 512 g/mol. The molecule has 0 saturated carbocycles. The van der Waals surface area contributed by atoms with Gasteiger partial charge in [0.1, 0.15) is 29.0 Å². The van der Waals surface area contributed by atoms with Crippen LogP contribution in [0.15, 0.2) is 18.2 Å². The molecule has 0 spiro atoms. The van der Waals surface area contributed by atoms with E-state index in [2.05, 4.69) is 5.43 Å². The Kier molecular flexibility index (Phi) is 6.56. The highest BCUT2D eigenvalue weighted by molar-refractivity contribution is 6.31. The second-order valence-electron chi connectivity index (χ2n) is 10.0. The minimum absolute atomic E-state index is 0.0241. The molecule has 0 bridgehead atoms. The quantitative estimate of drug-likeness (QED) is 0.173. The van der Waals surface area contributed by atoms with Gasteiger partial charge in [0, 0.05) is 36.0 Å². The lowest BCUT2D eigenvalue weighted by Crippen LogP contribution is -2.53. The number of aliphatic hydroxyl groups is 1. The fraction of sp³-hybridized carbons (Fsp3) is 0.407. The van der Waals surface area contributed by atoms with Crippen molar-refractivity contribution in [2.75, 3.05) is 7.11 Å². The number of fused-ring (bicyclic) bond motifs is 3. The van der Waals surface area contributed by atoms with Crippen molar-refractivity contribution in [1.82, 2.24) is 5.43 Å². The second-order valence-corrected chi connectivity index (χ2v) is 10.0. The van der Waals surface area contributed by atoms with Crippen molar-refractivity contribution in [3.63, 3.8) is 0 Å². The van der Waals surface area contributed by atoms with Crippen molar-refractivity contribution in [2.24, 2.45) is 5.84 Å². The smallest absolute Gasteiger partial charge is 0.202 e. The van der Waals surface area contributed by atoms with Crippen LogP contribution in [0.1, 0.15) is 75.8 Å². The first-order valence-electron chi connectivity index (χ1n) is 12.3. The number of carbonyl (C=O) groups is 4. The van der Waals surface area contributed by atoms with Gasteiger partial charge in [-0.05, 0) is 19.9 Å². The van der Waals surface area contributed by atoms with Crippen molar-refractivity contribution < 1.29 is 48.7 Å². The van der Waals surface area contributed by atoms with Gasteiger partial charge in [-0.3, -0.25) is 25.0 Å². The van der Waals surface area contributed by atoms with E-state index in [0.717, 1.165) is 0 Å². The van der Waals surface area contributed by atoms with Crippen molar-refractivity contribution >= 4 is 23.1 Å². The van der Waals surface area contributed by atoms with Gasteiger partial charge in [0.25, 0.3) is 0 Å². The second kappa shape index (κ2) is 9.50. The topological polar surface area (TPSA) is 195 Å². The van der Waals surface area contributed by atoms with Crippen LogP contribution in [0, 0.1) is 0 Å². The molecule has 1 fully saturated rings. The van der Waals surface area contributed by atoms with Gasteiger partial charge in [-0.2, -0.15) is 0 Å². The van der Waals surface area contributed by atoms with E-state index in [1.165, 1.54) is 39.2 Å². The van der Waals surface area contributed by atoms with E-state index >= 15 is 0 Å². The number of Topliss-reactive ketones (excluding diaryl/α,β-unsaturated/α-hetero) is 2. The summed E-state index contributed by atoms with van der Waals surface area (Å²) in [6.45, 7) is 2.68. The first-order valence-corrected chi connectivity index (χ1v) is 12.3. The first-order chi connectivity index (χ1) is 18.4. The largest absolute Gasteiger partial charge is 0.507 e. The third-order valence-corrected chi connectivity index (χ3v) is 7.78. The third kappa shape index (κ3) is 4.03. The zero-order chi connectivity index (χ0) is 28.4. The lowest BCUT2D eigenvalue weighted by Gasteiger charge is -2.41. The molecule has 39 heavy (non-hydrogen) atoms. The van der Waals surface area contributed by atoms with Gasteiger partial charge in [0.15, 0.2) is 23.6 Å². The molecule has 3 aliphatic rings. The zero-order valence-corrected chi connectivity index (χ0v) is 21.4. The number of aromatic hydroxyl groups is 2. The molecule has 6 N–H and O–H groups in total. The highest BCUT2D eigenvalue weighted by atomic mass is 16.7. The molecule has 0 aromatic heterocycles. The van der Waals surface area contributed by atoms with E-state index in [1.807, 2.05) is 0 Å². The molecule has 2 aromatic rings. The average Bonchev–Trinajstić information content (AvgIpc) is 2.90. The van der Waals surface area contributed by atoms with Gasteiger partial charge in [-0.25, -0.2) is 5.43 Å². The van der Waals surface area contributed by atoms with Crippen molar-refractivity contribution in [3.05, 3.63) is 51.6 Å². The van der Waals surface area contributed by atoms with Crippen molar-refractivity contribution in [2.45, 2.75) is 63.3 Å². The van der Waals surface area contributed by atoms with Crippen LogP contribution < -0.4 is 16.0 Å². The summed E-state index contributed by atoms with van der Waals surface area (Å²) in [5, 5.41) is 34.1. The molecule has 1 saturated heterocycles. The number of hydrogen-bond donors (Lipinski definition) is 5. The number of nitrogens with one attached hydrogen (secondary N) is 1. The molecule has 2 aromatic carbocycles. The van der Waals surface area contributed by atoms with Gasteiger partial charge >= 0.3 is 0 Å². The number of hydrazine groups is 1. The highest BCUT2D eigenvalue weighted by Gasteiger charge is 2.49. The summed E-state index contributed by atoms with van der Waals surface area (Å²) < 4.78 is 17.0. The first kappa shape index (κ1) is 26.9. The van der Waals surface area contributed by atoms with Crippen molar-refractivity contribution in [3.8, 4) is 17.2 Å².